The largest absolute Gasteiger partial charge is 0.480 e. The number of hydrogen-bond donors (Lipinski definition) is 5. The maximum absolute atomic E-state index is 14.9. The summed E-state index contributed by atoms with van der Waals surface area (Å²) in [7, 11) is 0. The van der Waals surface area contributed by atoms with E-state index in [1.165, 1.54) is 23.5 Å². The van der Waals surface area contributed by atoms with Crippen molar-refractivity contribution in [2.45, 2.75) is 31.5 Å². The highest BCUT2D eigenvalue weighted by Gasteiger charge is 2.28. The molecule has 1 aliphatic heterocycles. The van der Waals surface area contributed by atoms with Crippen LogP contribution >= 0.6 is 11.3 Å². The maximum Gasteiger partial charge on any atom is 0.323 e. The van der Waals surface area contributed by atoms with Crippen molar-refractivity contribution in [2.75, 3.05) is 25.0 Å². The number of nitrogens with zero attached hydrogens (tertiary/aromatic N) is 3. The van der Waals surface area contributed by atoms with Gasteiger partial charge in [0.2, 0.25) is 0 Å². The van der Waals surface area contributed by atoms with Crippen LogP contribution < -0.4 is 26.0 Å². The molecule has 0 atom stereocenters. The van der Waals surface area contributed by atoms with E-state index in [0.717, 1.165) is 33.7 Å². The van der Waals surface area contributed by atoms with E-state index in [-0.39, 0.29) is 23.9 Å². The normalized spacial score (nSPS) is 15.0. The fourth-order valence-electron chi connectivity index (χ4n) is 4.59. The Labute approximate surface area is 249 Å². The molecule has 1 aromatic carbocycles. The number of pyridine rings is 2. The summed E-state index contributed by atoms with van der Waals surface area (Å²) in [6.45, 7) is 1.56. The number of carbonyl (C=O) groups is 3. The van der Waals surface area contributed by atoms with E-state index in [9.17, 15) is 18.8 Å². The molecule has 1 aliphatic carbocycles. The number of aliphatic carboxylic acids is 1. The van der Waals surface area contributed by atoms with Gasteiger partial charge in [-0.1, -0.05) is 6.07 Å². The molecule has 4 aromatic rings. The number of halogens is 1. The fourth-order valence-corrected chi connectivity index (χ4v) is 5.63. The number of amides is 4. The molecule has 1 saturated heterocycles. The number of thiophene rings is 1. The molecule has 5 N–H and O–H groups in total. The minimum Gasteiger partial charge on any atom is -0.480 e. The monoisotopic (exact) mass is 605 g/mol. The first-order valence-electron chi connectivity index (χ1n) is 13.7. The summed E-state index contributed by atoms with van der Waals surface area (Å²) in [5, 5.41) is 19.1. The SMILES string of the molecule is O=C(O)CNC(=O)NC1CN(Cc2ccc(-c3cc4nccc(Oc5ccc(NC(=O)NC6CC6)cc5F)c4s3)nc2)C1. The standard InChI is InChI=1S/C29H28FN7O5S/c30-20-9-18(35-29(41)34-17-2-3-17)4-6-23(20)42-24-7-8-31-22-10-25(43-27(22)24)21-5-1-16(11-32-21)13-37-14-19(15-37)36-28(40)33-12-26(38)39/h1,4-11,17,19H,2-3,12-15H2,(H,38,39)(H2,33,36,40)(H2,34,35,41). The molecule has 4 amide bonds. The number of carbonyl (C=O) groups excluding carboxylic acids is 2. The zero-order valence-corrected chi connectivity index (χ0v) is 23.6. The lowest BCUT2D eigenvalue weighted by Crippen LogP contribution is -2.60. The molecule has 43 heavy (non-hydrogen) atoms. The highest BCUT2D eigenvalue weighted by atomic mass is 32.1. The number of carboxylic acid groups (broad SMARTS) is 1. The van der Waals surface area contributed by atoms with Gasteiger partial charge in [-0.3, -0.25) is 19.7 Å². The van der Waals surface area contributed by atoms with Gasteiger partial charge in [-0.05, 0) is 42.7 Å². The van der Waals surface area contributed by atoms with Crippen molar-refractivity contribution in [3.8, 4) is 22.1 Å². The van der Waals surface area contributed by atoms with Gasteiger partial charge in [0.05, 0.1) is 26.8 Å². The fraction of sp³-hybridized carbons (Fsp3) is 0.276. The zero-order valence-electron chi connectivity index (χ0n) is 22.8. The maximum atomic E-state index is 14.9. The van der Waals surface area contributed by atoms with Crippen molar-refractivity contribution in [3.05, 3.63) is 66.2 Å². The second-order valence-electron chi connectivity index (χ2n) is 10.4. The van der Waals surface area contributed by atoms with Crippen LogP contribution in [0.15, 0.2) is 54.9 Å². The first-order valence-corrected chi connectivity index (χ1v) is 14.5. The van der Waals surface area contributed by atoms with Crippen LogP contribution in [0, 0.1) is 5.82 Å². The first-order chi connectivity index (χ1) is 20.8. The van der Waals surface area contributed by atoms with Crippen molar-refractivity contribution in [1.82, 2.24) is 30.8 Å². The minimum atomic E-state index is -1.09. The average Bonchev–Trinajstić information content (AvgIpc) is 3.66. The topological polar surface area (TPSA) is 158 Å². The Morgan fingerprint density at radius 3 is 2.53 bits per heavy atom. The molecule has 2 fully saturated rings. The second kappa shape index (κ2) is 12.2. The van der Waals surface area contributed by atoms with Crippen LogP contribution in [0.25, 0.3) is 20.8 Å². The van der Waals surface area contributed by atoms with Crippen LogP contribution in [0.4, 0.5) is 19.7 Å². The van der Waals surface area contributed by atoms with Crippen molar-refractivity contribution < 1.29 is 28.6 Å². The number of rotatable bonds is 10. The predicted octanol–water partition coefficient (Wildman–Crippen LogP) is 4.14. The van der Waals surface area contributed by atoms with E-state index in [0.29, 0.717) is 36.6 Å². The molecule has 0 unspecified atom stereocenters. The molecule has 222 valence electrons. The first kappa shape index (κ1) is 28.3. The zero-order chi connectivity index (χ0) is 29.9. The Kier molecular flexibility index (Phi) is 8.03. The van der Waals surface area contributed by atoms with Crippen LogP contribution in [-0.2, 0) is 11.3 Å². The van der Waals surface area contributed by atoms with Gasteiger partial charge in [0.1, 0.15) is 12.3 Å². The second-order valence-corrected chi connectivity index (χ2v) is 11.5. The van der Waals surface area contributed by atoms with Crippen LogP contribution in [0.3, 0.4) is 0 Å². The molecule has 14 heteroatoms. The summed E-state index contributed by atoms with van der Waals surface area (Å²) >= 11 is 1.44. The van der Waals surface area contributed by atoms with Crippen molar-refractivity contribution >= 4 is 45.3 Å². The Hall–Kier alpha value is -4.82. The van der Waals surface area contributed by atoms with E-state index in [1.54, 1.807) is 24.5 Å². The number of urea groups is 2. The van der Waals surface area contributed by atoms with Gasteiger partial charge in [-0.15, -0.1) is 11.3 Å². The Morgan fingerprint density at radius 1 is 1.00 bits per heavy atom. The molecule has 2 aliphatic rings. The predicted molar refractivity (Wildman–Crippen MR) is 158 cm³/mol. The van der Waals surface area contributed by atoms with Crippen LogP contribution in [-0.4, -0.2) is 69.7 Å². The third-order valence-electron chi connectivity index (χ3n) is 6.87. The van der Waals surface area contributed by atoms with E-state index >= 15 is 0 Å². The Bertz CT molecular complexity index is 1670. The number of nitrogens with one attached hydrogen (secondary N) is 4. The van der Waals surface area contributed by atoms with E-state index in [2.05, 4.69) is 36.1 Å². The van der Waals surface area contributed by atoms with Gasteiger partial charge in [0, 0.05) is 55.9 Å². The third-order valence-corrected chi connectivity index (χ3v) is 8.04. The van der Waals surface area contributed by atoms with Crippen molar-refractivity contribution in [1.29, 1.82) is 0 Å². The number of hydrogen-bond acceptors (Lipinski definition) is 8. The van der Waals surface area contributed by atoms with Gasteiger partial charge in [-0.2, -0.15) is 0 Å². The average molecular weight is 606 g/mol. The number of aromatic nitrogens is 2. The summed E-state index contributed by atoms with van der Waals surface area (Å²) in [4.78, 5) is 46.3. The molecule has 12 nitrogen and oxygen atoms in total. The van der Waals surface area contributed by atoms with E-state index < -0.39 is 24.4 Å². The van der Waals surface area contributed by atoms with Gasteiger partial charge >= 0.3 is 18.0 Å². The van der Waals surface area contributed by atoms with Crippen LogP contribution in [0.2, 0.25) is 0 Å². The van der Waals surface area contributed by atoms with Gasteiger partial charge in [-0.25, -0.2) is 14.0 Å². The number of anilines is 1. The highest BCUT2D eigenvalue weighted by molar-refractivity contribution is 7.22. The molecule has 0 radical (unpaired) electrons. The molecule has 6 rings (SSSR count). The number of likely N-dealkylation sites (tertiary alicyclic amines) is 1. The number of fused-ring (bicyclic) bond motifs is 1. The van der Waals surface area contributed by atoms with Crippen molar-refractivity contribution in [3.63, 3.8) is 0 Å². The number of ether oxygens (including phenoxy) is 1. The summed E-state index contributed by atoms with van der Waals surface area (Å²) in [5.41, 5.74) is 2.81. The smallest absolute Gasteiger partial charge is 0.323 e. The summed E-state index contributed by atoms with van der Waals surface area (Å²) in [5.74, 6) is -1.21. The summed E-state index contributed by atoms with van der Waals surface area (Å²) in [6, 6.07) is 11.1. The van der Waals surface area contributed by atoms with Gasteiger partial charge in [0.15, 0.2) is 11.6 Å². The Balaban J connectivity index is 1.06. The lowest BCUT2D eigenvalue weighted by Gasteiger charge is -2.39. The van der Waals surface area contributed by atoms with Crippen LogP contribution in [0.1, 0.15) is 18.4 Å². The highest BCUT2D eigenvalue weighted by Crippen LogP contribution is 2.39. The number of benzene rings is 1. The molecular weight excluding hydrogens is 577 g/mol. The van der Waals surface area contributed by atoms with E-state index in [1.807, 2.05) is 18.2 Å². The van der Waals surface area contributed by atoms with Crippen molar-refractivity contribution in [2.24, 2.45) is 0 Å². The molecule has 3 aromatic heterocycles. The van der Waals surface area contributed by atoms with Gasteiger partial charge in [0.25, 0.3) is 0 Å². The molecule has 0 bridgehead atoms. The number of carboxylic acids is 1. The molecular formula is C29H28FN7O5S. The summed E-state index contributed by atoms with van der Waals surface area (Å²) < 4.78 is 21.5. The lowest BCUT2D eigenvalue weighted by atomic mass is 10.1. The van der Waals surface area contributed by atoms with E-state index in [4.69, 9.17) is 9.84 Å². The minimum absolute atomic E-state index is 0.0300. The lowest BCUT2D eigenvalue weighted by molar-refractivity contribution is -0.135. The van der Waals surface area contributed by atoms with Gasteiger partial charge < -0.3 is 31.1 Å². The van der Waals surface area contributed by atoms with Crippen LogP contribution in [0.5, 0.6) is 11.5 Å². The molecule has 0 spiro atoms. The molecule has 1 saturated carbocycles. The summed E-state index contributed by atoms with van der Waals surface area (Å²) in [6.07, 6.45) is 5.33. The molecule has 4 heterocycles. The third kappa shape index (κ3) is 7.16. The Morgan fingerprint density at radius 2 is 1.81 bits per heavy atom. The quantitative estimate of drug-likeness (QED) is 0.181.